The fraction of sp³-hybridized carbons (Fsp3) is 0.143. The van der Waals surface area contributed by atoms with Gasteiger partial charge in [-0.05, 0) is 35.9 Å². The van der Waals surface area contributed by atoms with Gasteiger partial charge in [-0.1, -0.05) is 24.3 Å². The van der Waals surface area contributed by atoms with E-state index in [1.165, 1.54) is 0 Å². The zero-order chi connectivity index (χ0) is 19.5. The second-order valence-electron chi connectivity index (χ2n) is 6.37. The molecule has 4 rings (SSSR count). The molecule has 1 unspecified atom stereocenters. The van der Waals surface area contributed by atoms with Crippen molar-refractivity contribution in [1.82, 2.24) is 19.9 Å². The fourth-order valence-electron chi connectivity index (χ4n) is 3.20. The molecular formula is C21H21N5O2. The van der Waals surface area contributed by atoms with Gasteiger partial charge in [-0.2, -0.15) is 4.98 Å². The Hall–Kier alpha value is -3.42. The maximum absolute atomic E-state index is 10.7. The summed E-state index contributed by atoms with van der Waals surface area (Å²) in [4.78, 5) is 8.21. The number of nitrogens with one attached hydrogen (secondary N) is 1. The number of ether oxygens (including phenoxy) is 1. The van der Waals surface area contributed by atoms with E-state index in [1.807, 2.05) is 59.3 Å². The quantitative estimate of drug-likeness (QED) is 0.448. The molecule has 7 heteroatoms. The van der Waals surface area contributed by atoms with E-state index in [1.54, 1.807) is 19.4 Å². The molecule has 0 saturated carbocycles. The van der Waals surface area contributed by atoms with Gasteiger partial charge in [0.05, 0.1) is 12.6 Å². The van der Waals surface area contributed by atoms with Crippen molar-refractivity contribution in [1.29, 1.82) is 0 Å². The average molecular weight is 375 g/mol. The van der Waals surface area contributed by atoms with Gasteiger partial charge in [0.15, 0.2) is 0 Å². The van der Waals surface area contributed by atoms with Crippen LogP contribution >= 0.6 is 0 Å². The first-order chi connectivity index (χ1) is 13.7. The number of nitrogens with zero attached hydrogens (tertiary/aromatic N) is 3. The molecule has 2 aromatic carbocycles. The van der Waals surface area contributed by atoms with Crippen molar-refractivity contribution < 1.29 is 9.84 Å². The van der Waals surface area contributed by atoms with Gasteiger partial charge in [0.25, 0.3) is 0 Å². The van der Waals surface area contributed by atoms with Crippen LogP contribution < -0.4 is 15.8 Å². The Kier molecular flexibility index (Phi) is 4.92. The summed E-state index contributed by atoms with van der Waals surface area (Å²) < 4.78 is 7.09. The Morgan fingerprint density at radius 1 is 1.14 bits per heavy atom. The molecular weight excluding hydrogens is 354 g/mol. The van der Waals surface area contributed by atoms with Gasteiger partial charge >= 0.3 is 0 Å². The molecule has 0 aliphatic heterocycles. The third kappa shape index (κ3) is 3.53. The lowest BCUT2D eigenvalue weighted by atomic mass is 10.1. The Labute approximate surface area is 162 Å². The maximum atomic E-state index is 10.7. The summed E-state index contributed by atoms with van der Waals surface area (Å²) in [5.74, 6) is 1.71. The molecule has 7 nitrogen and oxygen atoms in total. The van der Waals surface area contributed by atoms with Gasteiger partial charge in [0.2, 0.25) is 5.95 Å². The molecule has 28 heavy (non-hydrogen) atoms. The summed E-state index contributed by atoms with van der Waals surface area (Å²) in [6.07, 6.45) is 2.72. The second-order valence-corrected chi connectivity index (χ2v) is 6.37. The average Bonchev–Trinajstić information content (AvgIpc) is 3.16. The normalized spacial score (nSPS) is 12.2. The van der Waals surface area contributed by atoms with Gasteiger partial charge in [-0.15, -0.1) is 0 Å². The van der Waals surface area contributed by atoms with Crippen LogP contribution in [0.2, 0.25) is 0 Å². The Bertz CT molecular complexity index is 1090. The maximum Gasteiger partial charge on any atom is 0.221 e. The number of methoxy groups -OCH3 is 1. The third-order valence-corrected chi connectivity index (χ3v) is 4.63. The predicted octanol–water partition coefficient (Wildman–Crippen LogP) is 2.79. The molecule has 0 amide bonds. The first-order valence-corrected chi connectivity index (χ1v) is 8.89. The Morgan fingerprint density at radius 2 is 1.96 bits per heavy atom. The van der Waals surface area contributed by atoms with Crippen molar-refractivity contribution in [3.63, 3.8) is 0 Å². The Balaban J connectivity index is 1.58. The minimum atomic E-state index is -0.808. The van der Waals surface area contributed by atoms with Gasteiger partial charge in [0.1, 0.15) is 17.8 Å². The smallest absolute Gasteiger partial charge is 0.221 e. The molecule has 0 aliphatic carbocycles. The zero-order valence-corrected chi connectivity index (χ0v) is 15.4. The highest BCUT2D eigenvalue weighted by molar-refractivity contribution is 5.85. The SMILES string of the molecule is COc1ccc(CNC(O)c2cccc3c2ccn3-c2ccnc(N)n2)cc1. The molecule has 0 aliphatic rings. The van der Waals surface area contributed by atoms with E-state index in [2.05, 4.69) is 15.3 Å². The molecule has 2 aromatic heterocycles. The van der Waals surface area contributed by atoms with Crippen molar-refractivity contribution >= 4 is 16.9 Å². The van der Waals surface area contributed by atoms with Crippen LogP contribution in [-0.2, 0) is 6.54 Å². The molecule has 4 N–H and O–H groups in total. The zero-order valence-electron chi connectivity index (χ0n) is 15.4. The summed E-state index contributed by atoms with van der Waals surface area (Å²) in [6.45, 7) is 0.532. The van der Waals surface area contributed by atoms with E-state index in [4.69, 9.17) is 10.5 Å². The number of nitrogens with two attached hydrogens (primary N) is 1. The Morgan fingerprint density at radius 3 is 2.71 bits per heavy atom. The number of aliphatic hydroxyl groups is 1. The minimum absolute atomic E-state index is 0.219. The van der Waals surface area contributed by atoms with Crippen molar-refractivity contribution in [2.24, 2.45) is 0 Å². The largest absolute Gasteiger partial charge is 0.497 e. The number of benzene rings is 2. The van der Waals surface area contributed by atoms with Gasteiger partial charge in [0, 0.05) is 29.9 Å². The second kappa shape index (κ2) is 7.67. The number of anilines is 1. The fourth-order valence-corrected chi connectivity index (χ4v) is 3.20. The highest BCUT2D eigenvalue weighted by Crippen LogP contribution is 2.26. The molecule has 0 fully saturated rings. The first-order valence-electron chi connectivity index (χ1n) is 8.89. The van der Waals surface area contributed by atoms with Crippen LogP contribution in [0.15, 0.2) is 67.0 Å². The first kappa shape index (κ1) is 18.0. The van der Waals surface area contributed by atoms with Gasteiger partial charge in [-0.25, -0.2) is 4.98 Å². The van der Waals surface area contributed by atoms with E-state index in [9.17, 15) is 5.11 Å². The number of hydrogen-bond acceptors (Lipinski definition) is 6. The third-order valence-electron chi connectivity index (χ3n) is 4.63. The van der Waals surface area contributed by atoms with Crippen molar-refractivity contribution in [2.75, 3.05) is 12.8 Å². The predicted molar refractivity (Wildman–Crippen MR) is 108 cm³/mol. The molecule has 0 radical (unpaired) electrons. The standard InChI is InChI=1S/C21H21N5O2/c1-28-15-7-5-14(6-8-15)13-24-20(27)17-3-2-4-18-16(17)10-12-26(18)19-9-11-23-21(22)25-19/h2-12,20,24,27H,13H2,1H3,(H2,22,23,25). The molecule has 4 aromatic rings. The molecule has 142 valence electrons. The van der Waals surface area contributed by atoms with Crippen LogP contribution in [0.5, 0.6) is 5.75 Å². The number of fused-ring (bicyclic) bond motifs is 1. The molecule has 0 saturated heterocycles. The minimum Gasteiger partial charge on any atom is -0.497 e. The number of hydrogen-bond donors (Lipinski definition) is 3. The van der Waals surface area contributed by atoms with Crippen LogP contribution in [0.25, 0.3) is 16.7 Å². The van der Waals surface area contributed by atoms with Crippen molar-refractivity contribution in [2.45, 2.75) is 12.8 Å². The monoisotopic (exact) mass is 375 g/mol. The van der Waals surface area contributed by atoms with Crippen LogP contribution in [-0.4, -0.2) is 26.8 Å². The lowest BCUT2D eigenvalue weighted by molar-refractivity contribution is 0.138. The number of nitrogen functional groups attached to an aromatic ring is 1. The van der Waals surface area contributed by atoms with Crippen molar-refractivity contribution in [3.05, 3.63) is 78.1 Å². The van der Waals surface area contributed by atoms with E-state index in [-0.39, 0.29) is 5.95 Å². The van der Waals surface area contributed by atoms with E-state index >= 15 is 0 Å². The highest BCUT2D eigenvalue weighted by atomic mass is 16.5. The van der Waals surface area contributed by atoms with Crippen LogP contribution in [0, 0.1) is 0 Å². The molecule has 0 bridgehead atoms. The molecule has 1 atom stereocenters. The van der Waals surface area contributed by atoms with Crippen LogP contribution in [0.3, 0.4) is 0 Å². The van der Waals surface area contributed by atoms with Crippen LogP contribution in [0.1, 0.15) is 17.4 Å². The van der Waals surface area contributed by atoms with Crippen LogP contribution in [0.4, 0.5) is 5.95 Å². The summed E-state index contributed by atoms with van der Waals surface area (Å²) in [5, 5.41) is 14.8. The van der Waals surface area contributed by atoms with Crippen molar-refractivity contribution in [3.8, 4) is 11.6 Å². The number of aromatic nitrogens is 3. The summed E-state index contributed by atoms with van der Waals surface area (Å²) >= 11 is 0. The van der Waals surface area contributed by atoms with Gasteiger partial charge in [-0.3, -0.25) is 5.32 Å². The number of aliphatic hydroxyl groups excluding tert-OH is 1. The number of rotatable bonds is 6. The lowest BCUT2D eigenvalue weighted by Crippen LogP contribution is -2.20. The van der Waals surface area contributed by atoms with E-state index in [0.29, 0.717) is 12.4 Å². The van der Waals surface area contributed by atoms with Gasteiger partial charge < -0.3 is 20.1 Å². The summed E-state index contributed by atoms with van der Waals surface area (Å²) in [7, 11) is 1.64. The van der Waals surface area contributed by atoms with E-state index < -0.39 is 6.23 Å². The summed E-state index contributed by atoms with van der Waals surface area (Å²) in [6, 6.07) is 17.3. The topological polar surface area (TPSA) is 98.2 Å². The lowest BCUT2D eigenvalue weighted by Gasteiger charge is -2.15. The summed E-state index contributed by atoms with van der Waals surface area (Å²) in [5.41, 5.74) is 8.49. The van der Waals surface area contributed by atoms with E-state index in [0.717, 1.165) is 27.8 Å². The molecule has 0 spiro atoms. The highest BCUT2D eigenvalue weighted by Gasteiger charge is 2.14. The molecule has 2 heterocycles.